The molecular formula is C21H20FN5O2. The van der Waals surface area contributed by atoms with Crippen LogP contribution in [0.3, 0.4) is 0 Å². The fourth-order valence-electron chi connectivity index (χ4n) is 2.55. The van der Waals surface area contributed by atoms with Crippen molar-refractivity contribution in [3.05, 3.63) is 77.9 Å². The summed E-state index contributed by atoms with van der Waals surface area (Å²) < 4.78 is 12.9. The zero-order chi connectivity index (χ0) is 20.6. The third-order valence-electron chi connectivity index (χ3n) is 3.99. The number of halogens is 1. The number of anilines is 3. The Balaban J connectivity index is 1.50. The minimum absolute atomic E-state index is 0.138. The molecule has 0 bridgehead atoms. The van der Waals surface area contributed by atoms with Crippen LogP contribution in [-0.4, -0.2) is 28.3 Å². The number of carbonyl (C=O) groups excluding carboxylic acids is 2. The van der Waals surface area contributed by atoms with Crippen LogP contribution < -0.4 is 16.0 Å². The van der Waals surface area contributed by atoms with Gasteiger partial charge in [-0.25, -0.2) is 14.4 Å². The average Bonchev–Trinajstić information content (AvgIpc) is 2.71. The molecule has 0 aliphatic rings. The lowest BCUT2D eigenvalue weighted by molar-refractivity contribution is -0.114. The summed E-state index contributed by atoms with van der Waals surface area (Å²) in [5.74, 6) is -0.355. The summed E-state index contributed by atoms with van der Waals surface area (Å²) in [5.41, 5.74) is 2.72. The molecule has 0 saturated heterocycles. The predicted molar refractivity (Wildman–Crippen MR) is 108 cm³/mol. The smallest absolute Gasteiger partial charge is 0.254 e. The second-order valence-corrected chi connectivity index (χ2v) is 6.31. The summed E-state index contributed by atoms with van der Waals surface area (Å²) in [7, 11) is 0. The van der Waals surface area contributed by atoms with E-state index in [1.54, 1.807) is 36.4 Å². The van der Waals surface area contributed by atoms with Crippen molar-refractivity contribution in [2.75, 3.05) is 17.2 Å². The number of aromatic nitrogens is 2. The molecule has 0 atom stereocenters. The minimum Gasteiger partial charge on any atom is -0.352 e. The fourth-order valence-corrected chi connectivity index (χ4v) is 2.55. The lowest BCUT2D eigenvalue weighted by atomic mass is 10.1. The number of carbonyl (C=O) groups is 2. The molecule has 2 amide bonds. The van der Waals surface area contributed by atoms with Gasteiger partial charge in [0.1, 0.15) is 5.82 Å². The van der Waals surface area contributed by atoms with Gasteiger partial charge in [-0.1, -0.05) is 12.1 Å². The van der Waals surface area contributed by atoms with Gasteiger partial charge in [0.15, 0.2) is 0 Å². The van der Waals surface area contributed by atoms with Crippen molar-refractivity contribution in [3.63, 3.8) is 0 Å². The van der Waals surface area contributed by atoms with E-state index in [0.717, 1.165) is 11.3 Å². The molecule has 3 rings (SSSR count). The van der Waals surface area contributed by atoms with E-state index in [1.807, 2.05) is 0 Å². The van der Waals surface area contributed by atoms with Gasteiger partial charge in [-0.2, -0.15) is 0 Å². The maximum Gasteiger partial charge on any atom is 0.254 e. The molecule has 0 aliphatic heterocycles. The van der Waals surface area contributed by atoms with Gasteiger partial charge in [-0.3, -0.25) is 9.59 Å². The Morgan fingerprint density at radius 3 is 2.17 bits per heavy atom. The van der Waals surface area contributed by atoms with Crippen LogP contribution in [0.4, 0.5) is 21.7 Å². The number of amides is 2. The van der Waals surface area contributed by atoms with Gasteiger partial charge < -0.3 is 16.0 Å². The zero-order valence-electron chi connectivity index (χ0n) is 15.8. The third-order valence-corrected chi connectivity index (χ3v) is 3.99. The summed E-state index contributed by atoms with van der Waals surface area (Å²) in [4.78, 5) is 31.5. The van der Waals surface area contributed by atoms with Gasteiger partial charge in [0.2, 0.25) is 11.9 Å². The molecule has 7 nitrogen and oxygen atoms in total. The first-order valence-corrected chi connectivity index (χ1v) is 8.99. The van der Waals surface area contributed by atoms with E-state index in [1.165, 1.54) is 31.5 Å². The van der Waals surface area contributed by atoms with Crippen LogP contribution in [0.1, 0.15) is 22.8 Å². The summed E-state index contributed by atoms with van der Waals surface area (Å²) in [5, 5.41) is 8.49. The molecule has 0 fully saturated rings. The standard InChI is InChI=1S/C21H20FN5O2/c1-14(28)26-18-6-8-19(9-7-18)27-21-24-12-16(13-25-21)20(29)23-11-10-15-2-4-17(22)5-3-15/h2-9,12-13H,10-11H2,1H3,(H,23,29)(H,26,28)(H,24,25,27). The maximum atomic E-state index is 12.9. The van der Waals surface area contributed by atoms with Crippen molar-refractivity contribution in [2.45, 2.75) is 13.3 Å². The normalized spacial score (nSPS) is 10.3. The number of benzene rings is 2. The minimum atomic E-state index is -0.285. The number of hydrogen-bond acceptors (Lipinski definition) is 5. The van der Waals surface area contributed by atoms with Crippen LogP contribution in [0.2, 0.25) is 0 Å². The van der Waals surface area contributed by atoms with Crippen molar-refractivity contribution in [1.82, 2.24) is 15.3 Å². The molecule has 1 aromatic heterocycles. The number of rotatable bonds is 7. The van der Waals surface area contributed by atoms with E-state index in [9.17, 15) is 14.0 Å². The van der Waals surface area contributed by atoms with Gasteiger partial charge in [-0.05, 0) is 48.4 Å². The molecule has 3 aromatic rings. The third kappa shape index (κ3) is 6.10. The molecule has 8 heteroatoms. The molecule has 0 radical (unpaired) electrons. The fraction of sp³-hybridized carbons (Fsp3) is 0.143. The Morgan fingerprint density at radius 2 is 1.55 bits per heavy atom. The Morgan fingerprint density at radius 1 is 0.931 bits per heavy atom. The van der Waals surface area contributed by atoms with E-state index in [0.29, 0.717) is 30.2 Å². The molecule has 0 saturated carbocycles. The van der Waals surface area contributed by atoms with Gasteiger partial charge in [0, 0.05) is 37.2 Å². The molecule has 29 heavy (non-hydrogen) atoms. The van der Waals surface area contributed by atoms with Gasteiger partial charge >= 0.3 is 0 Å². The lowest BCUT2D eigenvalue weighted by Crippen LogP contribution is -2.26. The first-order chi connectivity index (χ1) is 14.0. The first kappa shape index (κ1) is 19.9. The summed E-state index contributed by atoms with van der Waals surface area (Å²) in [6.07, 6.45) is 3.48. The van der Waals surface area contributed by atoms with E-state index in [2.05, 4.69) is 25.9 Å². The second kappa shape index (κ2) is 9.41. The van der Waals surface area contributed by atoms with Crippen molar-refractivity contribution in [2.24, 2.45) is 0 Å². The Bertz CT molecular complexity index is 973. The lowest BCUT2D eigenvalue weighted by Gasteiger charge is -2.08. The number of hydrogen-bond donors (Lipinski definition) is 3. The van der Waals surface area contributed by atoms with Crippen LogP contribution in [0.25, 0.3) is 0 Å². The molecule has 0 spiro atoms. The van der Waals surface area contributed by atoms with E-state index >= 15 is 0 Å². The van der Waals surface area contributed by atoms with Crippen LogP contribution in [0.5, 0.6) is 0 Å². The monoisotopic (exact) mass is 393 g/mol. The zero-order valence-corrected chi connectivity index (χ0v) is 15.8. The molecular weight excluding hydrogens is 373 g/mol. The highest BCUT2D eigenvalue weighted by atomic mass is 19.1. The molecule has 3 N–H and O–H groups in total. The van der Waals surface area contributed by atoms with Crippen molar-refractivity contribution >= 4 is 29.1 Å². The van der Waals surface area contributed by atoms with E-state index in [-0.39, 0.29) is 17.6 Å². The topological polar surface area (TPSA) is 96.0 Å². The summed E-state index contributed by atoms with van der Waals surface area (Å²) >= 11 is 0. The molecule has 2 aromatic carbocycles. The second-order valence-electron chi connectivity index (χ2n) is 6.31. The SMILES string of the molecule is CC(=O)Nc1ccc(Nc2ncc(C(=O)NCCc3ccc(F)cc3)cn2)cc1. The molecule has 0 unspecified atom stereocenters. The Kier molecular flexibility index (Phi) is 6.47. The molecule has 0 aliphatic carbocycles. The highest BCUT2D eigenvalue weighted by molar-refractivity contribution is 5.93. The molecule has 1 heterocycles. The largest absolute Gasteiger partial charge is 0.352 e. The Labute approximate surface area is 167 Å². The van der Waals surface area contributed by atoms with Crippen molar-refractivity contribution in [1.29, 1.82) is 0 Å². The predicted octanol–water partition coefficient (Wildman–Crippen LogP) is 3.29. The van der Waals surface area contributed by atoms with Gasteiger partial charge in [0.25, 0.3) is 5.91 Å². The van der Waals surface area contributed by atoms with E-state index in [4.69, 9.17) is 0 Å². The highest BCUT2D eigenvalue weighted by Gasteiger charge is 2.07. The number of nitrogens with one attached hydrogen (secondary N) is 3. The maximum absolute atomic E-state index is 12.9. The first-order valence-electron chi connectivity index (χ1n) is 8.99. The van der Waals surface area contributed by atoms with Crippen LogP contribution in [0.15, 0.2) is 60.9 Å². The quantitative estimate of drug-likeness (QED) is 0.572. The van der Waals surface area contributed by atoms with Crippen molar-refractivity contribution < 1.29 is 14.0 Å². The van der Waals surface area contributed by atoms with Crippen LogP contribution in [0, 0.1) is 5.82 Å². The summed E-state index contributed by atoms with van der Waals surface area (Å²) in [6, 6.07) is 13.2. The van der Waals surface area contributed by atoms with Gasteiger partial charge in [-0.15, -0.1) is 0 Å². The average molecular weight is 393 g/mol. The highest BCUT2D eigenvalue weighted by Crippen LogP contribution is 2.16. The van der Waals surface area contributed by atoms with Crippen LogP contribution in [-0.2, 0) is 11.2 Å². The van der Waals surface area contributed by atoms with Crippen molar-refractivity contribution in [3.8, 4) is 0 Å². The molecule has 148 valence electrons. The van der Waals surface area contributed by atoms with E-state index < -0.39 is 0 Å². The van der Waals surface area contributed by atoms with Crippen LogP contribution >= 0.6 is 0 Å². The van der Waals surface area contributed by atoms with Gasteiger partial charge in [0.05, 0.1) is 5.56 Å². The number of nitrogens with zero attached hydrogens (tertiary/aromatic N) is 2. The Hall–Kier alpha value is -3.81. The summed E-state index contributed by atoms with van der Waals surface area (Å²) in [6.45, 7) is 1.87.